The van der Waals surface area contributed by atoms with Crippen molar-refractivity contribution in [3.8, 4) is 5.69 Å². The first-order valence-corrected chi connectivity index (χ1v) is 11.0. The third-order valence-corrected chi connectivity index (χ3v) is 6.46. The van der Waals surface area contributed by atoms with Gasteiger partial charge in [0.1, 0.15) is 5.02 Å². The van der Waals surface area contributed by atoms with Crippen LogP contribution in [0.3, 0.4) is 0 Å². The maximum absolute atomic E-state index is 12.6. The Morgan fingerprint density at radius 2 is 1.81 bits per heavy atom. The lowest BCUT2D eigenvalue weighted by Crippen LogP contribution is -2.21. The van der Waals surface area contributed by atoms with Crippen LogP contribution in [-0.2, 0) is 10.0 Å². The van der Waals surface area contributed by atoms with E-state index in [0.29, 0.717) is 11.4 Å². The highest BCUT2D eigenvalue weighted by molar-refractivity contribution is 7.98. The van der Waals surface area contributed by atoms with Crippen molar-refractivity contribution in [3.63, 3.8) is 0 Å². The van der Waals surface area contributed by atoms with Crippen LogP contribution in [0.15, 0.2) is 69.3 Å². The van der Waals surface area contributed by atoms with E-state index >= 15 is 0 Å². The molecule has 0 aliphatic carbocycles. The van der Waals surface area contributed by atoms with E-state index in [1.165, 1.54) is 42.2 Å². The normalized spacial score (nSPS) is 11.4. The molecule has 0 saturated heterocycles. The molecule has 1 heterocycles. The molecule has 140 valence electrons. The van der Waals surface area contributed by atoms with E-state index in [-0.39, 0.29) is 14.9 Å². The first-order chi connectivity index (χ1) is 12.8. The first-order valence-electron chi connectivity index (χ1n) is 7.52. The zero-order valence-corrected chi connectivity index (χ0v) is 17.0. The molecular formula is C17H13Cl2N3O3S2. The quantitative estimate of drug-likeness (QED) is 0.603. The van der Waals surface area contributed by atoms with Crippen molar-refractivity contribution < 1.29 is 8.42 Å². The minimum Gasteiger partial charge on any atom is -0.280 e. The fourth-order valence-corrected chi connectivity index (χ4v) is 4.03. The van der Waals surface area contributed by atoms with Gasteiger partial charge in [-0.25, -0.2) is 8.42 Å². The zero-order chi connectivity index (χ0) is 19.6. The van der Waals surface area contributed by atoms with Crippen LogP contribution < -0.4 is 10.3 Å². The molecule has 6 nitrogen and oxygen atoms in total. The van der Waals surface area contributed by atoms with Crippen LogP contribution in [0, 0.1) is 0 Å². The van der Waals surface area contributed by atoms with Crippen molar-refractivity contribution in [1.29, 1.82) is 0 Å². The molecule has 2 aromatic carbocycles. The topological polar surface area (TPSA) is 81.1 Å². The summed E-state index contributed by atoms with van der Waals surface area (Å²) in [7, 11) is -3.78. The molecule has 0 radical (unpaired) electrons. The summed E-state index contributed by atoms with van der Waals surface area (Å²) in [5.41, 5.74) is 0.238. The Morgan fingerprint density at radius 1 is 1.11 bits per heavy atom. The molecule has 0 atom stereocenters. The molecule has 27 heavy (non-hydrogen) atoms. The van der Waals surface area contributed by atoms with Crippen LogP contribution in [0.2, 0.25) is 10.0 Å². The predicted molar refractivity (Wildman–Crippen MR) is 109 cm³/mol. The van der Waals surface area contributed by atoms with E-state index in [1.807, 2.05) is 12.3 Å². The Morgan fingerprint density at radius 3 is 2.48 bits per heavy atom. The molecule has 0 unspecified atom stereocenters. The second-order valence-electron chi connectivity index (χ2n) is 5.35. The van der Waals surface area contributed by atoms with Gasteiger partial charge in [0.15, 0.2) is 0 Å². The number of sulfonamides is 1. The average molecular weight is 442 g/mol. The molecule has 0 aliphatic rings. The van der Waals surface area contributed by atoms with Crippen molar-refractivity contribution >= 4 is 50.7 Å². The summed E-state index contributed by atoms with van der Waals surface area (Å²) < 4.78 is 28.7. The lowest BCUT2D eigenvalue weighted by Gasteiger charge is -2.10. The Labute approximate surface area is 170 Å². The van der Waals surface area contributed by atoms with E-state index in [2.05, 4.69) is 9.82 Å². The number of rotatable bonds is 5. The van der Waals surface area contributed by atoms with Gasteiger partial charge in [-0.05, 0) is 48.7 Å². The predicted octanol–water partition coefficient (Wildman–Crippen LogP) is 4.06. The van der Waals surface area contributed by atoms with Gasteiger partial charge in [-0.2, -0.15) is 9.78 Å². The van der Waals surface area contributed by atoms with E-state index < -0.39 is 15.6 Å². The number of halogens is 2. The van der Waals surface area contributed by atoms with Crippen molar-refractivity contribution in [1.82, 2.24) is 9.78 Å². The van der Waals surface area contributed by atoms with E-state index in [1.54, 1.807) is 18.2 Å². The van der Waals surface area contributed by atoms with E-state index in [0.717, 1.165) is 9.58 Å². The van der Waals surface area contributed by atoms with Gasteiger partial charge >= 0.3 is 0 Å². The SMILES string of the molecule is CSc1cccc(NS(=O)(=O)c2ccc(-n3ncc(Cl)c(Cl)c3=O)cc2)c1. The molecule has 10 heteroatoms. The van der Waals surface area contributed by atoms with Crippen LogP contribution in [0.25, 0.3) is 5.69 Å². The standard InChI is InChI=1S/C17H13Cl2N3O3S2/c1-26-13-4-2-3-11(9-13)21-27(24,25)14-7-5-12(6-8-14)22-17(23)16(19)15(18)10-20-22/h2-10,21H,1H3. The van der Waals surface area contributed by atoms with Crippen molar-refractivity contribution in [3.05, 3.63) is 75.1 Å². The van der Waals surface area contributed by atoms with Crippen LogP contribution >= 0.6 is 35.0 Å². The number of benzene rings is 2. The number of nitrogens with zero attached hydrogens (tertiary/aromatic N) is 2. The smallest absolute Gasteiger partial charge is 0.280 e. The monoisotopic (exact) mass is 441 g/mol. The molecule has 3 rings (SSSR count). The Hall–Kier alpha value is -2.00. The summed E-state index contributed by atoms with van der Waals surface area (Å²) in [4.78, 5) is 13.1. The highest BCUT2D eigenvalue weighted by atomic mass is 35.5. The Kier molecular flexibility index (Phi) is 5.81. The molecular weight excluding hydrogens is 429 g/mol. The summed E-state index contributed by atoms with van der Waals surface area (Å²) in [5, 5.41) is 3.80. The number of hydrogen-bond donors (Lipinski definition) is 1. The molecule has 0 bridgehead atoms. The second kappa shape index (κ2) is 7.93. The minimum absolute atomic E-state index is 0.0498. The number of aromatic nitrogens is 2. The van der Waals surface area contributed by atoms with Crippen LogP contribution in [-0.4, -0.2) is 24.5 Å². The number of thioether (sulfide) groups is 1. The van der Waals surface area contributed by atoms with E-state index in [4.69, 9.17) is 23.2 Å². The van der Waals surface area contributed by atoms with Gasteiger partial charge in [-0.3, -0.25) is 9.52 Å². The highest BCUT2D eigenvalue weighted by Gasteiger charge is 2.15. The van der Waals surface area contributed by atoms with Crippen LogP contribution in [0.5, 0.6) is 0 Å². The molecule has 0 saturated carbocycles. The van der Waals surface area contributed by atoms with Crippen LogP contribution in [0.1, 0.15) is 0 Å². The fraction of sp³-hybridized carbons (Fsp3) is 0.0588. The van der Waals surface area contributed by atoms with Crippen molar-refractivity contribution in [2.24, 2.45) is 0 Å². The second-order valence-corrected chi connectivity index (χ2v) is 8.70. The Balaban J connectivity index is 1.90. The van der Waals surface area contributed by atoms with Gasteiger partial charge in [0, 0.05) is 10.6 Å². The van der Waals surface area contributed by atoms with Gasteiger partial charge in [0.2, 0.25) is 0 Å². The molecule has 0 amide bonds. The van der Waals surface area contributed by atoms with Crippen molar-refractivity contribution in [2.45, 2.75) is 9.79 Å². The maximum atomic E-state index is 12.6. The minimum atomic E-state index is -3.78. The molecule has 3 aromatic rings. The summed E-state index contributed by atoms with van der Waals surface area (Å²) in [5.74, 6) is 0. The number of anilines is 1. The molecule has 0 spiro atoms. The first kappa shape index (κ1) is 19.8. The largest absolute Gasteiger partial charge is 0.291 e. The lowest BCUT2D eigenvalue weighted by atomic mass is 10.3. The maximum Gasteiger partial charge on any atom is 0.291 e. The molecule has 1 aromatic heterocycles. The highest BCUT2D eigenvalue weighted by Crippen LogP contribution is 2.22. The van der Waals surface area contributed by atoms with Gasteiger partial charge < -0.3 is 0 Å². The van der Waals surface area contributed by atoms with Gasteiger partial charge in [-0.1, -0.05) is 29.3 Å². The average Bonchev–Trinajstić information content (AvgIpc) is 2.66. The third kappa shape index (κ3) is 4.30. The molecule has 1 N–H and O–H groups in total. The zero-order valence-electron chi connectivity index (χ0n) is 13.9. The van der Waals surface area contributed by atoms with Gasteiger partial charge in [0.05, 0.1) is 21.8 Å². The van der Waals surface area contributed by atoms with Crippen molar-refractivity contribution in [2.75, 3.05) is 11.0 Å². The fourth-order valence-electron chi connectivity index (χ4n) is 2.26. The molecule has 0 fully saturated rings. The summed E-state index contributed by atoms with van der Waals surface area (Å²) in [6.07, 6.45) is 3.15. The third-order valence-electron chi connectivity index (χ3n) is 3.59. The summed E-state index contributed by atoms with van der Waals surface area (Å²) >= 11 is 13.1. The van der Waals surface area contributed by atoms with Gasteiger partial charge in [0.25, 0.3) is 15.6 Å². The van der Waals surface area contributed by atoms with Gasteiger partial charge in [-0.15, -0.1) is 11.8 Å². The number of hydrogen-bond acceptors (Lipinski definition) is 5. The summed E-state index contributed by atoms with van der Waals surface area (Å²) in [6, 6.07) is 12.8. The Bertz CT molecular complexity index is 1150. The summed E-state index contributed by atoms with van der Waals surface area (Å²) in [6.45, 7) is 0. The van der Waals surface area contributed by atoms with E-state index in [9.17, 15) is 13.2 Å². The lowest BCUT2D eigenvalue weighted by molar-refractivity contribution is 0.601. The molecule has 0 aliphatic heterocycles. The number of nitrogens with one attached hydrogen (secondary N) is 1. The van der Waals surface area contributed by atoms with Crippen LogP contribution in [0.4, 0.5) is 5.69 Å².